The number of benzene rings is 2. The summed E-state index contributed by atoms with van der Waals surface area (Å²) in [6.45, 7) is 4.12. The van der Waals surface area contributed by atoms with Gasteiger partial charge < -0.3 is 14.6 Å². The Morgan fingerprint density at radius 1 is 1.19 bits per heavy atom. The first-order chi connectivity index (χ1) is 15.6. The van der Waals surface area contributed by atoms with Crippen molar-refractivity contribution < 1.29 is 9.53 Å². The van der Waals surface area contributed by atoms with Crippen LogP contribution in [0.2, 0.25) is 0 Å². The fourth-order valence-corrected chi connectivity index (χ4v) is 4.78. The molecule has 32 heavy (non-hydrogen) atoms. The molecule has 2 aromatic heterocycles. The van der Waals surface area contributed by atoms with Gasteiger partial charge in [0.1, 0.15) is 11.8 Å². The number of hydrogen-bond acceptors (Lipinski definition) is 5. The van der Waals surface area contributed by atoms with E-state index in [0.717, 1.165) is 21.9 Å². The molecule has 1 atom stereocenters. The number of nitrogens with one attached hydrogen (secondary N) is 1. The van der Waals surface area contributed by atoms with Crippen LogP contribution in [0.4, 0.5) is 5.69 Å². The number of aryl methyl sites for hydroxylation is 1. The highest BCUT2D eigenvalue weighted by Gasteiger charge is 2.25. The van der Waals surface area contributed by atoms with E-state index in [2.05, 4.69) is 29.4 Å². The van der Waals surface area contributed by atoms with Crippen LogP contribution >= 0.6 is 11.8 Å². The largest absolute Gasteiger partial charge is 0.497 e. The Labute approximate surface area is 192 Å². The van der Waals surface area contributed by atoms with E-state index >= 15 is 0 Å². The highest BCUT2D eigenvalue weighted by Crippen LogP contribution is 2.32. The number of amides is 1. The number of carbonyl (C=O) groups excluding carboxylic acids is 1. The Morgan fingerprint density at radius 2 is 2.03 bits per heavy atom. The number of carbonyl (C=O) groups is 1. The molecule has 2 heterocycles. The Balaban J connectivity index is 1.66. The number of fused-ring (bicyclic) bond motifs is 1. The molecule has 164 valence electrons. The molecular formula is C25H26N4O2S. The molecule has 0 unspecified atom stereocenters. The number of pyridine rings is 1. The lowest BCUT2D eigenvalue weighted by Gasteiger charge is -2.20. The van der Waals surface area contributed by atoms with E-state index in [1.165, 1.54) is 11.1 Å². The van der Waals surface area contributed by atoms with Crippen LogP contribution < -0.4 is 10.1 Å². The maximum absolute atomic E-state index is 13.3. The normalized spacial score (nSPS) is 12.0. The van der Waals surface area contributed by atoms with Crippen LogP contribution in [0.3, 0.4) is 0 Å². The number of imidazole rings is 1. The molecule has 4 rings (SSSR count). The SMILES string of the molecule is CC[C@H](C(=O)Nc1cccc(OC)c1)n1c(SCc2ccccc2C)nc2ccncc21. The highest BCUT2D eigenvalue weighted by atomic mass is 32.2. The predicted molar refractivity (Wildman–Crippen MR) is 129 cm³/mol. The molecule has 6 nitrogen and oxygen atoms in total. The lowest BCUT2D eigenvalue weighted by Crippen LogP contribution is -2.26. The molecule has 0 saturated carbocycles. The lowest BCUT2D eigenvalue weighted by molar-refractivity contribution is -0.119. The lowest BCUT2D eigenvalue weighted by atomic mass is 10.1. The molecule has 2 aromatic carbocycles. The molecule has 1 N–H and O–H groups in total. The molecule has 4 aromatic rings. The van der Waals surface area contributed by atoms with Gasteiger partial charge in [0, 0.05) is 23.7 Å². The van der Waals surface area contributed by atoms with Gasteiger partial charge in [-0.25, -0.2) is 4.98 Å². The van der Waals surface area contributed by atoms with Crippen molar-refractivity contribution in [1.29, 1.82) is 0 Å². The second-order valence-corrected chi connectivity index (χ2v) is 8.43. The number of hydrogen-bond donors (Lipinski definition) is 1. The average Bonchev–Trinajstić information content (AvgIpc) is 3.17. The molecule has 0 aliphatic rings. The van der Waals surface area contributed by atoms with E-state index in [1.807, 2.05) is 54.0 Å². The maximum Gasteiger partial charge on any atom is 0.247 e. The van der Waals surface area contributed by atoms with Crippen LogP contribution in [0.1, 0.15) is 30.5 Å². The summed E-state index contributed by atoms with van der Waals surface area (Å²) >= 11 is 1.64. The molecule has 0 spiro atoms. The van der Waals surface area contributed by atoms with Crippen molar-refractivity contribution in [1.82, 2.24) is 14.5 Å². The Hall–Kier alpha value is -3.32. The molecule has 1 amide bonds. The van der Waals surface area contributed by atoms with Gasteiger partial charge in [0.25, 0.3) is 0 Å². The van der Waals surface area contributed by atoms with E-state index in [4.69, 9.17) is 9.72 Å². The Kier molecular flexibility index (Phi) is 6.75. The Bertz CT molecular complexity index is 1240. The third-order valence-corrected chi connectivity index (χ3v) is 6.42. The van der Waals surface area contributed by atoms with Gasteiger partial charge in [-0.2, -0.15) is 0 Å². The summed E-state index contributed by atoms with van der Waals surface area (Å²) in [5.41, 5.74) is 4.88. The fraction of sp³-hybridized carbons (Fsp3) is 0.240. The second kappa shape index (κ2) is 9.87. The van der Waals surface area contributed by atoms with Gasteiger partial charge >= 0.3 is 0 Å². The van der Waals surface area contributed by atoms with Crippen molar-refractivity contribution >= 4 is 34.4 Å². The van der Waals surface area contributed by atoms with E-state index in [9.17, 15) is 4.79 Å². The summed E-state index contributed by atoms with van der Waals surface area (Å²) < 4.78 is 7.29. The minimum Gasteiger partial charge on any atom is -0.497 e. The molecule has 0 bridgehead atoms. The summed E-state index contributed by atoms with van der Waals surface area (Å²) in [6.07, 6.45) is 4.13. The third kappa shape index (κ3) is 4.62. The number of ether oxygens (including phenoxy) is 1. The van der Waals surface area contributed by atoms with Crippen molar-refractivity contribution in [2.75, 3.05) is 12.4 Å². The van der Waals surface area contributed by atoms with Gasteiger partial charge in [-0.15, -0.1) is 0 Å². The number of nitrogens with zero attached hydrogens (tertiary/aromatic N) is 3. The quantitative estimate of drug-likeness (QED) is 0.355. The van der Waals surface area contributed by atoms with E-state index in [1.54, 1.807) is 31.3 Å². The van der Waals surface area contributed by atoms with Gasteiger partial charge in [-0.3, -0.25) is 9.78 Å². The van der Waals surface area contributed by atoms with Crippen LogP contribution in [-0.2, 0) is 10.5 Å². The summed E-state index contributed by atoms with van der Waals surface area (Å²) in [5.74, 6) is 1.38. The van der Waals surface area contributed by atoms with Crippen LogP contribution in [0.15, 0.2) is 72.1 Å². The van der Waals surface area contributed by atoms with E-state index in [0.29, 0.717) is 17.9 Å². The zero-order chi connectivity index (χ0) is 22.5. The van der Waals surface area contributed by atoms with E-state index < -0.39 is 6.04 Å². The molecule has 0 radical (unpaired) electrons. The highest BCUT2D eigenvalue weighted by molar-refractivity contribution is 7.98. The average molecular weight is 447 g/mol. The zero-order valence-electron chi connectivity index (χ0n) is 18.4. The minimum absolute atomic E-state index is 0.0957. The topological polar surface area (TPSA) is 69.0 Å². The maximum atomic E-state index is 13.3. The van der Waals surface area contributed by atoms with Gasteiger partial charge in [-0.05, 0) is 42.7 Å². The first-order valence-electron chi connectivity index (χ1n) is 10.5. The molecule has 0 aliphatic heterocycles. The first kappa shape index (κ1) is 21.9. The van der Waals surface area contributed by atoms with Crippen LogP contribution in [0.5, 0.6) is 5.75 Å². The van der Waals surface area contributed by atoms with E-state index in [-0.39, 0.29) is 5.91 Å². The first-order valence-corrected chi connectivity index (χ1v) is 11.5. The molecule has 7 heteroatoms. The van der Waals surface area contributed by atoms with Gasteiger partial charge in [0.15, 0.2) is 5.16 Å². The summed E-state index contributed by atoms with van der Waals surface area (Å²) in [7, 11) is 1.61. The predicted octanol–water partition coefficient (Wildman–Crippen LogP) is 5.63. The number of thioether (sulfide) groups is 1. The number of anilines is 1. The minimum atomic E-state index is -0.422. The monoisotopic (exact) mass is 446 g/mol. The van der Waals surface area contributed by atoms with Crippen molar-refractivity contribution in [3.63, 3.8) is 0 Å². The second-order valence-electron chi connectivity index (χ2n) is 7.49. The van der Waals surface area contributed by atoms with Gasteiger partial charge in [-0.1, -0.05) is 49.0 Å². The molecular weight excluding hydrogens is 420 g/mol. The van der Waals surface area contributed by atoms with Crippen molar-refractivity contribution in [2.24, 2.45) is 0 Å². The fourth-order valence-electron chi connectivity index (χ4n) is 3.65. The van der Waals surface area contributed by atoms with Crippen molar-refractivity contribution in [2.45, 2.75) is 37.2 Å². The van der Waals surface area contributed by atoms with Gasteiger partial charge in [0.2, 0.25) is 5.91 Å². The van der Waals surface area contributed by atoms with Crippen molar-refractivity contribution in [3.8, 4) is 5.75 Å². The summed E-state index contributed by atoms with van der Waals surface area (Å²) in [4.78, 5) is 22.4. The van der Waals surface area contributed by atoms with Crippen LogP contribution in [0.25, 0.3) is 11.0 Å². The van der Waals surface area contributed by atoms with Crippen LogP contribution in [-0.4, -0.2) is 27.6 Å². The zero-order valence-corrected chi connectivity index (χ0v) is 19.2. The summed E-state index contributed by atoms with van der Waals surface area (Å²) in [5, 5.41) is 3.84. The molecule has 0 saturated heterocycles. The Morgan fingerprint density at radius 3 is 2.81 bits per heavy atom. The van der Waals surface area contributed by atoms with Gasteiger partial charge in [0.05, 0.1) is 24.3 Å². The third-order valence-electron chi connectivity index (χ3n) is 5.42. The van der Waals surface area contributed by atoms with Crippen molar-refractivity contribution in [3.05, 3.63) is 78.1 Å². The molecule has 0 aliphatic carbocycles. The standard InChI is InChI=1S/C25H26N4O2S/c1-4-22(24(30)27-19-10-7-11-20(14-19)31-3)29-23-15-26-13-12-21(23)28-25(29)32-16-18-9-6-5-8-17(18)2/h5-15,22H,4,16H2,1-3H3,(H,27,30)/t22-/m1/s1. The smallest absolute Gasteiger partial charge is 0.247 e. The number of rotatable bonds is 8. The number of aromatic nitrogens is 3. The number of methoxy groups -OCH3 is 1. The summed E-state index contributed by atoms with van der Waals surface area (Å²) in [6, 6.07) is 17.2. The van der Waals surface area contributed by atoms with Crippen LogP contribution in [0, 0.1) is 6.92 Å². The molecule has 0 fully saturated rings.